The van der Waals surface area contributed by atoms with Crippen LogP contribution in [0.1, 0.15) is 11.3 Å². The second kappa shape index (κ2) is 6.21. The Balaban J connectivity index is 2.09. The summed E-state index contributed by atoms with van der Waals surface area (Å²) >= 11 is 5.58. The third-order valence-electron chi connectivity index (χ3n) is 2.49. The molecule has 5 nitrogen and oxygen atoms in total. The van der Waals surface area contributed by atoms with Crippen LogP contribution in [0.4, 0.5) is 4.39 Å². The lowest BCUT2D eigenvalue weighted by Crippen LogP contribution is -2.15. The van der Waals surface area contributed by atoms with Gasteiger partial charge in [0.05, 0.1) is 5.02 Å². The minimum Gasteiger partial charge on any atom is -0.489 e. The second-order valence-electron chi connectivity index (χ2n) is 3.90. The van der Waals surface area contributed by atoms with Crippen molar-refractivity contribution in [2.75, 3.05) is 0 Å². The fourth-order valence-electron chi connectivity index (χ4n) is 1.49. The van der Waals surface area contributed by atoms with Crippen LogP contribution in [-0.2, 0) is 6.61 Å². The van der Waals surface area contributed by atoms with Gasteiger partial charge in [-0.3, -0.25) is 4.98 Å². The number of rotatable bonds is 4. The van der Waals surface area contributed by atoms with Crippen molar-refractivity contribution < 1.29 is 14.3 Å². The van der Waals surface area contributed by atoms with Gasteiger partial charge >= 0.3 is 0 Å². The molecule has 0 unspecified atom stereocenters. The summed E-state index contributed by atoms with van der Waals surface area (Å²) in [5, 5.41) is 11.5. The molecule has 0 aliphatic heterocycles. The molecule has 2 rings (SSSR count). The summed E-state index contributed by atoms with van der Waals surface area (Å²) < 4.78 is 18.7. The highest BCUT2D eigenvalue weighted by molar-refractivity contribution is 6.30. The zero-order valence-electron chi connectivity index (χ0n) is 10.3. The van der Waals surface area contributed by atoms with E-state index < -0.39 is 5.82 Å². The highest BCUT2D eigenvalue weighted by Crippen LogP contribution is 2.21. The topological polar surface area (TPSA) is 80.7 Å². The van der Waals surface area contributed by atoms with E-state index in [0.29, 0.717) is 11.4 Å². The lowest BCUT2D eigenvalue weighted by molar-refractivity contribution is 0.304. The van der Waals surface area contributed by atoms with Crippen molar-refractivity contribution in [3.05, 3.63) is 58.6 Å². The van der Waals surface area contributed by atoms with E-state index in [4.69, 9.17) is 27.3 Å². The average Bonchev–Trinajstić information content (AvgIpc) is 2.48. The normalized spacial score (nSPS) is 11.4. The molecule has 0 aliphatic rings. The van der Waals surface area contributed by atoms with Gasteiger partial charge in [-0.2, -0.15) is 0 Å². The lowest BCUT2D eigenvalue weighted by Gasteiger charge is -2.07. The Labute approximate surface area is 119 Å². The summed E-state index contributed by atoms with van der Waals surface area (Å²) in [4.78, 5) is 3.94. The Kier molecular flexibility index (Phi) is 4.37. The van der Waals surface area contributed by atoms with Crippen LogP contribution in [0.2, 0.25) is 5.02 Å². The van der Waals surface area contributed by atoms with E-state index in [0.717, 1.165) is 5.56 Å². The van der Waals surface area contributed by atoms with Crippen LogP contribution in [0, 0.1) is 5.82 Å². The molecule has 104 valence electrons. The third-order valence-corrected chi connectivity index (χ3v) is 2.80. The number of nitrogens with zero attached hydrogens (tertiary/aromatic N) is 2. The van der Waals surface area contributed by atoms with Crippen LogP contribution in [0.5, 0.6) is 5.75 Å². The molecule has 0 saturated carbocycles. The summed E-state index contributed by atoms with van der Waals surface area (Å²) in [6.07, 6.45) is 1.51. The summed E-state index contributed by atoms with van der Waals surface area (Å²) in [5.41, 5.74) is 6.52. The van der Waals surface area contributed by atoms with Gasteiger partial charge in [-0.05, 0) is 29.8 Å². The van der Waals surface area contributed by atoms with Crippen LogP contribution in [-0.4, -0.2) is 16.0 Å². The number of pyridine rings is 1. The highest BCUT2D eigenvalue weighted by Gasteiger charge is 2.05. The first-order valence-electron chi connectivity index (χ1n) is 5.61. The van der Waals surface area contributed by atoms with Gasteiger partial charge in [0.15, 0.2) is 5.84 Å². The number of hydrogen-bond donors (Lipinski definition) is 2. The van der Waals surface area contributed by atoms with Gasteiger partial charge in [-0.1, -0.05) is 16.8 Å². The van der Waals surface area contributed by atoms with Gasteiger partial charge < -0.3 is 15.7 Å². The molecule has 1 heterocycles. The Bertz CT molecular complexity index is 649. The van der Waals surface area contributed by atoms with Crippen molar-refractivity contribution in [1.29, 1.82) is 0 Å². The van der Waals surface area contributed by atoms with Crippen molar-refractivity contribution in [1.82, 2.24) is 4.98 Å². The van der Waals surface area contributed by atoms with Crippen LogP contribution >= 0.6 is 11.6 Å². The summed E-state index contributed by atoms with van der Waals surface area (Å²) in [6.45, 7) is 0.190. The van der Waals surface area contributed by atoms with Gasteiger partial charge in [0.25, 0.3) is 0 Å². The van der Waals surface area contributed by atoms with Crippen molar-refractivity contribution in [2.45, 2.75) is 6.61 Å². The molecule has 1 aromatic carbocycles. The molecule has 0 saturated heterocycles. The molecular formula is C13H11ClFN3O2. The van der Waals surface area contributed by atoms with Gasteiger partial charge in [-0.15, -0.1) is 0 Å². The Morgan fingerprint density at radius 3 is 2.90 bits per heavy atom. The molecule has 0 spiro atoms. The van der Waals surface area contributed by atoms with E-state index in [1.54, 1.807) is 18.2 Å². The molecule has 0 atom stereocenters. The lowest BCUT2D eigenvalue weighted by atomic mass is 10.2. The molecule has 2 aromatic rings. The number of aromatic nitrogens is 1. The Hall–Kier alpha value is -2.34. The minimum atomic E-state index is -0.545. The summed E-state index contributed by atoms with van der Waals surface area (Å²) in [6, 6.07) is 7.51. The maximum absolute atomic E-state index is 13.2. The molecule has 1 aromatic heterocycles. The van der Waals surface area contributed by atoms with E-state index in [2.05, 4.69) is 10.1 Å². The fourth-order valence-corrected chi connectivity index (χ4v) is 1.61. The molecule has 20 heavy (non-hydrogen) atoms. The largest absolute Gasteiger partial charge is 0.489 e. The minimum absolute atomic E-state index is 0.0375. The number of oxime groups is 1. The number of halogens is 2. The molecule has 0 amide bonds. The molecule has 3 N–H and O–H groups in total. The van der Waals surface area contributed by atoms with Crippen LogP contribution in [0.25, 0.3) is 0 Å². The predicted octanol–water partition coefficient (Wildman–Crippen LogP) is 2.55. The van der Waals surface area contributed by atoms with Crippen molar-refractivity contribution in [3.63, 3.8) is 0 Å². The van der Waals surface area contributed by atoms with Gasteiger partial charge in [0.2, 0.25) is 0 Å². The number of amidine groups is 1. The monoisotopic (exact) mass is 295 g/mol. The second-order valence-corrected chi connectivity index (χ2v) is 4.31. The summed E-state index contributed by atoms with van der Waals surface area (Å²) in [7, 11) is 0. The number of ether oxygens (including phenoxy) is 1. The third kappa shape index (κ3) is 3.36. The SMILES string of the molecule is N/C(=N/O)c1cc(COc2ccc(Cl)c(F)c2)ccn1. The Morgan fingerprint density at radius 1 is 1.40 bits per heavy atom. The first kappa shape index (κ1) is 14.1. The van der Waals surface area contributed by atoms with E-state index in [9.17, 15) is 4.39 Å². The van der Waals surface area contributed by atoms with E-state index in [1.807, 2.05) is 0 Å². The van der Waals surface area contributed by atoms with E-state index in [1.165, 1.54) is 18.3 Å². The van der Waals surface area contributed by atoms with Crippen LogP contribution < -0.4 is 10.5 Å². The molecule has 0 aliphatic carbocycles. The number of benzene rings is 1. The number of hydrogen-bond acceptors (Lipinski definition) is 4. The molecule has 7 heteroatoms. The zero-order valence-corrected chi connectivity index (χ0v) is 11.0. The zero-order chi connectivity index (χ0) is 14.5. The average molecular weight is 296 g/mol. The highest BCUT2D eigenvalue weighted by atomic mass is 35.5. The first-order valence-corrected chi connectivity index (χ1v) is 5.98. The van der Waals surface area contributed by atoms with Crippen LogP contribution in [0.3, 0.4) is 0 Å². The van der Waals surface area contributed by atoms with E-state index in [-0.39, 0.29) is 17.5 Å². The number of nitrogens with two attached hydrogens (primary N) is 1. The predicted molar refractivity (Wildman–Crippen MR) is 72.5 cm³/mol. The van der Waals surface area contributed by atoms with Gasteiger partial charge in [0, 0.05) is 12.3 Å². The van der Waals surface area contributed by atoms with E-state index >= 15 is 0 Å². The fraction of sp³-hybridized carbons (Fsp3) is 0.0769. The van der Waals surface area contributed by atoms with Crippen molar-refractivity contribution >= 4 is 17.4 Å². The van der Waals surface area contributed by atoms with Gasteiger partial charge in [0.1, 0.15) is 23.9 Å². The van der Waals surface area contributed by atoms with Crippen LogP contribution in [0.15, 0.2) is 41.7 Å². The first-order chi connectivity index (χ1) is 9.60. The van der Waals surface area contributed by atoms with Crippen molar-refractivity contribution in [3.8, 4) is 5.75 Å². The molecule has 0 fully saturated rings. The maximum atomic E-state index is 13.2. The van der Waals surface area contributed by atoms with Crippen molar-refractivity contribution in [2.24, 2.45) is 10.9 Å². The standard InChI is InChI=1S/C13H11ClFN3O2/c14-10-2-1-9(6-11(10)15)20-7-8-3-4-17-12(5-8)13(16)18-19/h1-6,19H,7H2,(H2,16,18). The molecular weight excluding hydrogens is 285 g/mol. The smallest absolute Gasteiger partial charge is 0.188 e. The quantitative estimate of drug-likeness (QED) is 0.393. The summed E-state index contributed by atoms with van der Waals surface area (Å²) in [5.74, 6) is -0.283. The Morgan fingerprint density at radius 2 is 2.20 bits per heavy atom. The van der Waals surface area contributed by atoms with Gasteiger partial charge in [-0.25, -0.2) is 4.39 Å². The maximum Gasteiger partial charge on any atom is 0.188 e. The molecule has 0 radical (unpaired) electrons. The molecule has 0 bridgehead atoms.